The number of nitrogens with one attached hydrogen (secondary N) is 1. The zero-order valence-corrected chi connectivity index (χ0v) is 12.9. The predicted molar refractivity (Wildman–Crippen MR) is 86.4 cm³/mol. The second kappa shape index (κ2) is 5.98. The second-order valence-corrected chi connectivity index (χ2v) is 5.38. The number of aromatic amines is 1. The van der Waals surface area contributed by atoms with Crippen LogP contribution in [0, 0.1) is 0 Å². The van der Waals surface area contributed by atoms with Gasteiger partial charge in [-0.15, -0.1) is 5.11 Å². The molecule has 1 aromatic heterocycles. The number of aromatic nitrogens is 2. The molecule has 0 spiro atoms. The van der Waals surface area contributed by atoms with Gasteiger partial charge in [-0.25, -0.2) is 4.68 Å². The van der Waals surface area contributed by atoms with Gasteiger partial charge in [-0.05, 0) is 30.3 Å². The number of halogens is 1. The number of hydrogen-bond donors (Lipinski definition) is 2. The molecular weight excluding hydrogens is 348 g/mol. The van der Waals surface area contributed by atoms with Crippen molar-refractivity contribution in [1.29, 1.82) is 0 Å². The summed E-state index contributed by atoms with van der Waals surface area (Å²) in [5, 5.41) is 20.5. The van der Waals surface area contributed by atoms with Gasteiger partial charge < -0.3 is 5.11 Å². The van der Waals surface area contributed by atoms with Crippen molar-refractivity contribution >= 4 is 27.3 Å². The topological polar surface area (TPSA) is 82.7 Å². The van der Waals surface area contributed by atoms with E-state index in [0.29, 0.717) is 11.4 Å². The molecule has 6 nitrogen and oxygen atoms in total. The lowest BCUT2D eigenvalue weighted by atomic mass is 10.3. The van der Waals surface area contributed by atoms with Gasteiger partial charge in [-0.2, -0.15) is 5.11 Å². The Morgan fingerprint density at radius 2 is 1.82 bits per heavy atom. The third-order valence-corrected chi connectivity index (χ3v) is 3.43. The number of benzene rings is 2. The fourth-order valence-electron chi connectivity index (χ4n) is 1.91. The maximum atomic E-state index is 11.9. The molecule has 3 aromatic rings. The summed E-state index contributed by atoms with van der Waals surface area (Å²) in [6, 6.07) is 16.1. The minimum absolute atomic E-state index is 0.135. The van der Waals surface area contributed by atoms with Crippen molar-refractivity contribution in [3.63, 3.8) is 0 Å². The van der Waals surface area contributed by atoms with Crippen molar-refractivity contribution in [2.24, 2.45) is 10.2 Å². The summed E-state index contributed by atoms with van der Waals surface area (Å²) in [6.07, 6.45) is 0. The molecule has 110 valence electrons. The average molecular weight is 359 g/mol. The van der Waals surface area contributed by atoms with Gasteiger partial charge in [0.1, 0.15) is 0 Å². The van der Waals surface area contributed by atoms with Crippen molar-refractivity contribution < 1.29 is 5.11 Å². The molecule has 7 heteroatoms. The van der Waals surface area contributed by atoms with E-state index >= 15 is 0 Å². The summed E-state index contributed by atoms with van der Waals surface area (Å²) in [7, 11) is 0. The molecule has 0 aliphatic carbocycles. The summed E-state index contributed by atoms with van der Waals surface area (Å²) in [6.45, 7) is 0. The first-order valence-electron chi connectivity index (χ1n) is 6.42. The predicted octanol–water partition coefficient (Wildman–Crippen LogP) is 4.05. The van der Waals surface area contributed by atoms with Gasteiger partial charge in [0.05, 0.1) is 11.4 Å². The molecule has 0 aliphatic heterocycles. The molecule has 0 bridgehead atoms. The van der Waals surface area contributed by atoms with Gasteiger partial charge in [-0.3, -0.25) is 9.89 Å². The first kappa shape index (κ1) is 14.3. The zero-order chi connectivity index (χ0) is 15.5. The third-order valence-electron chi connectivity index (χ3n) is 2.94. The summed E-state index contributed by atoms with van der Waals surface area (Å²) in [4.78, 5) is 11.9. The Balaban J connectivity index is 1.99. The lowest BCUT2D eigenvalue weighted by molar-refractivity contribution is 0.434. The molecule has 0 atom stereocenters. The van der Waals surface area contributed by atoms with E-state index in [1.54, 1.807) is 42.5 Å². The van der Waals surface area contributed by atoms with Crippen LogP contribution in [-0.4, -0.2) is 14.9 Å². The van der Waals surface area contributed by atoms with Gasteiger partial charge in [0.25, 0.3) is 5.56 Å². The van der Waals surface area contributed by atoms with E-state index in [9.17, 15) is 9.90 Å². The summed E-state index contributed by atoms with van der Waals surface area (Å²) in [5.41, 5.74) is 0.547. The third kappa shape index (κ3) is 2.84. The fourth-order valence-corrected chi connectivity index (χ4v) is 2.30. The number of H-pyrrole nitrogens is 1. The molecule has 0 unspecified atom stereocenters. The van der Waals surface area contributed by atoms with Crippen molar-refractivity contribution in [1.82, 2.24) is 9.78 Å². The van der Waals surface area contributed by atoms with Crippen molar-refractivity contribution in [2.45, 2.75) is 0 Å². The summed E-state index contributed by atoms with van der Waals surface area (Å²) in [5.74, 6) is -0.282. The standard InChI is InChI=1S/C15H11BrN4O2/c16-10-5-4-6-11(9-10)17-18-13-14(21)19-20(15(13)22)12-7-2-1-3-8-12/h1-9,22H,(H,19,21). The Kier molecular flexibility index (Phi) is 3.88. The molecule has 0 aliphatic rings. The van der Waals surface area contributed by atoms with Crippen LogP contribution in [0.5, 0.6) is 5.88 Å². The summed E-state index contributed by atoms with van der Waals surface area (Å²) < 4.78 is 2.11. The van der Waals surface area contributed by atoms with Crippen LogP contribution >= 0.6 is 15.9 Å². The molecule has 3 rings (SSSR count). The number of para-hydroxylation sites is 1. The normalized spacial score (nSPS) is 11.1. The van der Waals surface area contributed by atoms with Gasteiger partial charge in [-0.1, -0.05) is 40.2 Å². The minimum atomic E-state index is -0.514. The van der Waals surface area contributed by atoms with Crippen LogP contribution in [-0.2, 0) is 0 Å². The maximum Gasteiger partial charge on any atom is 0.296 e. The number of rotatable bonds is 3. The van der Waals surface area contributed by atoms with Crippen LogP contribution in [0.2, 0.25) is 0 Å². The van der Waals surface area contributed by atoms with Crippen LogP contribution in [0.3, 0.4) is 0 Å². The molecule has 0 radical (unpaired) electrons. The van der Waals surface area contributed by atoms with E-state index in [0.717, 1.165) is 4.47 Å². The summed E-state index contributed by atoms with van der Waals surface area (Å²) >= 11 is 3.33. The second-order valence-electron chi connectivity index (χ2n) is 4.46. The maximum absolute atomic E-state index is 11.9. The largest absolute Gasteiger partial charge is 0.492 e. The van der Waals surface area contributed by atoms with Crippen LogP contribution in [0.25, 0.3) is 5.69 Å². The fraction of sp³-hybridized carbons (Fsp3) is 0. The molecule has 2 N–H and O–H groups in total. The van der Waals surface area contributed by atoms with Gasteiger partial charge in [0, 0.05) is 4.47 Å². The number of aromatic hydroxyl groups is 1. The smallest absolute Gasteiger partial charge is 0.296 e. The molecule has 0 fully saturated rings. The van der Waals surface area contributed by atoms with Crippen LogP contribution in [0.1, 0.15) is 0 Å². The lowest BCUT2D eigenvalue weighted by Crippen LogP contribution is -2.03. The Morgan fingerprint density at radius 3 is 2.55 bits per heavy atom. The van der Waals surface area contributed by atoms with Gasteiger partial charge in [0.2, 0.25) is 11.6 Å². The highest BCUT2D eigenvalue weighted by molar-refractivity contribution is 9.10. The Hall–Kier alpha value is -2.67. The van der Waals surface area contributed by atoms with Crippen molar-refractivity contribution in [3.05, 3.63) is 69.4 Å². The van der Waals surface area contributed by atoms with Crippen molar-refractivity contribution in [3.8, 4) is 11.6 Å². The Bertz CT molecular complexity index is 884. The van der Waals surface area contributed by atoms with Crippen LogP contribution < -0.4 is 5.56 Å². The zero-order valence-electron chi connectivity index (χ0n) is 11.3. The Morgan fingerprint density at radius 1 is 1.05 bits per heavy atom. The molecule has 0 saturated carbocycles. The quantitative estimate of drug-likeness (QED) is 0.692. The first-order chi connectivity index (χ1) is 10.6. The van der Waals surface area contributed by atoms with Crippen LogP contribution in [0.15, 0.2) is 74.1 Å². The molecular formula is C15H11BrN4O2. The Labute approximate surface area is 133 Å². The van der Waals surface area contributed by atoms with E-state index in [2.05, 4.69) is 31.3 Å². The van der Waals surface area contributed by atoms with E-state index in [-0.39, 0.29) is 11.6 Å². The monoisotopic (exact) mass is 358 g/mol. The van der Waals surface area contributed by atoms with E-state index in [4.69, 9.17) is 0 Å². The average Bonchev–Trinajstić information content (AvgIpc) is 2.81. The van der Waals surface area contributed by atoms with E-state index in [1.807, 2.05) is 12.1 Å². The highest BCUT2D eigenvalue weighted by Crippen LogP contribution is 2.27. The minimum Gasteiger partial charge on any atom is -0.492 e. The number of hydrogen-bond acceptors (Lipinski definition) is 4. The number of azo groups is 1. The highest BCUT2D eigenvalue weighted by atomic mass is 79.9. The SMILES string of the molecule is O=c1[nH]n(-c2ccccc2)c(O)c1N=Nc1cccc(Br)c1. The van der Waals surface area contributed by atoms with E-state index in [1.165, 1.54) is 4.68 Å². The highest BCUT2D eigenvalue weighted by Gasteiger charge is 2.14. The molecule has 22 heavy (non-hydrogen) atoms. The van der Waals surface area contributed by atoms with Crippen LogP contribution in [0.4, 0.5) is 11.4 Å². The molecule has 0 saturated heterocycles. The van der Waals surface area contributed by atoms with Gasteiger partial charge >= 0.3 is 0 Å². The lowest BCUT2D eigenvalue weighted by Gasteiger charge is -2.02. The van der Waals surface area contributed by atoms with Crippen molar-refractivity contribution in [2.75, 3.05) is 0 Å². The molecule has 2 aromatic carbocycles. The molecule has 1 heterocycles. The first-order valence-corrected chi connectivity index (χ1v) is 7.21. The molecule has 0 amide bonds. The number of nitrogens with zero attached hydrogens (tertiary/aromatic N) is 3. The van der Waals surface area contributed by atoms with Gasteiger partial charge in [0.15, 0.2) is 0 Å². The van der Waals surface area contributed by atoms with E-state index < -0.39 is 5.56 Å².